The van der Waals surface area contributed by atoms with Crippen LogP contribution in [0.5, 0.6) is 0 Å². The summed E-state index contributed by atoms with van der Waals surface area (Å²) >= 11 is 0. The van der Waals surface area contributed by atoms with Gasteiger partial charge in [-0.2, -0.15) is 0 Å². The van der Waals surface area contributed by atoms with Crippen LogP contribution in [0.15, 0.2) is 49.0 Å². The molecular weight excluding hydrogens is 482 g/mol. The maximum atomic E-state index is 14.0. The van der Waals surface area contributed by atoms with Gasteiger partial charge in [-0.1, -0.05) is 49.1 Å². The average molecular weight is 524 g/mol. The summed E-state index contributed by atoms with van der Waals surface area (Å²) in [7, 11) is 0. The van der Waals surface area contributed by atoms with E-state index < -0.39 is 47.7 Å². The molecule has 0 saturated heterocycles. The summed E-state index contributed by atoms with van der Waals surface area (Å²) in [5.41, 5.74) is 2.08. The van der Waals surface area contributed by atoms with Gasteiger partial charge >= 0.3 is 6.09 Å². The molecule has 0 bridgehead atoms. The number of aryl methyl sites for hydroxylation is 2. The minimum Gasteiger partial charge on any atom is -0.444 e. The van der Waals surface area contributed by atoms with Crippen LogP contribution in [0.1, 0.15) is 69.8 Å². The lowest BCUT2D eigenvalue weighted by molar-refractivity contribution is -0.147. The molecule has 3 amide bonds. The van der Waals surface area contributed by atoms with Crippen LogP contribution in [0.4, 0.5) is 10.5 Å². The van der Waals surface area contributed by atoms with Crippen molar-refractivity contribution in [1.29, 1.82) is 0 Å². The van der Waals surface area contributed by atoms with Crippen LogP contribution in [0.3, 0.4) is 0 Å². The molecule has 8 nitrogen and oxygen atoms in total. The highest BCUT2D eigenvalue weighted by Crippen LogP contribution is 2.32. The lowest BCUT2D eigenvalue weighted by atomic mass is 9.94. The molecule has 0 fully saturated rings. The second kappa shape index (κ2) is 12.3. The minimum absolute atomic E-state index is 0.430. The highest BCUT2D eigenvalue weighted by molar-refractivity contribution is 6.00. The fourth-order valence-electron chi connectivity index (χ4n) is 4.13. The van der Waals surface area contributed by atoms with E-state index in [1.54, 1.807) is 65.8 Å². The summed E-state index contributed by atoms with van der Waals surface area (Å²) in [5, 5.41) is 15.6. The number of nitrogens with one attached hydrogen (secondary N) is 2. The van der Waals surface area contributed by atoms with Crippen LogP contribution in [0.25, 0.3) is 6.08 Å². The van der Waals surface area contributed by atoms with Gasteiger partial charge in [0, 0.05) is 11.2 Å². The molecule has 2 aromatic rings. The van der Waals surface area contributed by atoms with Gasteiger partial charge in [0.15, 0.2) is 0 Å². The van der Waals surface area contributed by atoms with Gasteiger partial charge in [-0.05, 0) is 83.7 Å². The number of hydrogen-bond donors (Lipinski definition) is 3. The third kappa shape index (κ3) is 7.92. The van der Waals surface area contributed by atoms with E-state index in [1.807, 2.05) is 38.1 Å². The molecule has 38 heavy (non-hydrogen) atoms. The van der Waals surface area contributed by atoms with Crippen molar-refractivity contribution < 1.29 is 24.2 Å². The number of nitrogens with zero attached hydrogens (tertiary/aromatic N) is 1. The van der Waals surface area contributed by atoms with Crippen LogP contribution in [0, 0.1) is 13.8 Å². The quantitative estimate of drug-likeness (QED) is 0.444. The molecule has 0 saturated carbocycles. The number of ether oxygens (including phenoxy) is 1. The second-order valence-electron chi connectivity index (χ2n) is 11.3. The maximum Gasteiger partial charge on any atom is 0.408 e. The Kier molecular flexibility index (Phi) is 9.87. The molecule has 0 spiro atoms. The number of hydrogen-bond acceptors (Lipinski definition) is 5. The van der Waals surface area contributed by atoms with Gasteiger partial charge in [0.2, 0.25) is 5.91 Å². The summed E-state index contributed by atoms with van der Waals surface area (Å²) in [5.74, 6) is -1.06. The first-order valence-corrected chi connectivity index (χ1v) is 12.6. The Labute approximate surface area is 226 Å². The fraction of sp³-hybridized carbons (Fsp3) is 0.433. The molecule has 0 heterocycles. The van der Waals surface area contributed by atoms with Crippen molar-refractivity contribution in [3.8, 4) is 0 Å². The highest BCUT2D eigenvalue weighted by atomic mass is 16.6. The molecule has 2 rings (SSSR count). The van der Waals surface area contributed by atoms with Gasteiger partial charge in [-0.15, -0.1) is 0 Å². The number of anilines is 1. The normalized spacial score (nSPS) is 13.2. The molecular formula is C30H41N3O5. The zero-order chi connectivity index (χ0) is 28.8. The number of carbonyl (C=O) groups is 3. The van der Waals surface area contributed by atoms with E-state index in [2.05, 4.69) is 17.2 Å². The average Bonchev–Trinajstić information content (AvgIpc) is 2.80. The lowest BCUT2D eigenvalue weighted by Gasteiger charge is -2.43. The summed E-state index contributed by atoms with van der Waals surface area (Å²) in [6.07, 6.45) is 0.817. The largest absolute Gasteiger partial charge is 0.444 e. The molecule has 2 unspecified atom stereocenters. The third-order valence-electron chi connectivity index (χ3n) is 5.83. The molecule has 0 aliphatic carbocycles. The Bertz CT molecular complexity index is 1160. The van der Waals surface area contributed by atoms with E-state index in [-0.39, 0.29) is 0 Å². The van der Waals surface area contributed by atoms with E-state index in [9.17, 15) is 19.5 Å². The van der Waals surface area contributed by atoms with Crippen molar-refractivity contribution in [2.75, 3.05) is 11.9 Å². The predicted molar refractivity (Wildman–Crippen MR) is 151 cm³/mol. The number of benzene rings is 2. The fourth-order valence-corrected chi connectivity index (χ4v) is 4.13. The van der Waals surface area contributed by atoms with Gasteiger partial charge in [0.1, 0.15) is 17.7 Å². The maximum absolute atomic E-state index is 14.0. The third-order valence-corrected chi connectivity index (χ3v) is 5.83. The SMILES string of the molecule is C=Cc1cccc(C(C(=O)Nc2c(C)cccc2C)N(C(=O)C(CO)NC(=O)OC(C)(C)C)C(C)(C)C)c1. The molecule has 8 heteroatoms. The van der Waals surface area contributed by atoms with E-state index in [0.717, 1.165) is 16.7 Å². The van der Waals surface area contributed by atoms with Crippen molar-refractivity contribution in [1.82, 2.24) is 10.2 Å². The van der Waals surface area contributed by atoms with E-state index in [4.69, 9.17) is 4.74 Å². The van der Waals surface area contributed by atoms with E-state index >= 15 is 0 Å². The van der Waals surface area contributed by atoms with Crippen LogP contribution in [-0.2, 0) is 14.3 Å². The van der Waals surface area contributed by atoms with Crippen LogP contribution < -0.4 is 10.6 Å². The minimum atomic E-state index is -1.33. The number of amides is 3. The smallest absolute Gasteiger partial charge is 0.408 e. The molecule has 0 radical (unpaired) electrons. The topological polar surface area (TPSA) is 108 Å². The zero-order valence-electron chi connectivity index (χ0n) is 23.7. The standard InChI is InChI=1S/C30H41N3O5/c1-10-21-15-12-16-22(17-21)25(26(35)32-24-19(2)13-11-14-20(24)3)33(29(4,5)6)27(36)23(18-34)31-28(37)38-30(7,8)9/h10-17,23,25,34H,1,18H2,2-9H3,(H,31,37)(H,32,35). The Hall–Kier alpha value is -3.65. The Balaban J connectivity index is 2.61. The summed E-state index contributed by atoms with van der Waals surface area (Å²) in [6.45, 7) is 17.4. The van der Waals surface area contributed by atoms with Crippen molar-refractivity contribution in [3.63, 3.8) is 0 Å². The monoisotopic (exact) mass is 523 g/mol. The van der Waals surface area contributed by atoms with E-state index in [0.29, 0.717) is 11.3 Å². The van der Waals surface area contributed by atoms with E-state index in [1.165, 1.54) is 4.90 Å². The van der Waals surface area contributed by atoms with Gasteiger partial charge in [-0.25, -0.2) is 4.79 Å². The molecule has 0 aliphatic rings. The number of aliphatic hydroxyl groups is 1. The lowest BCUT2D eigenvalue weighted by Crippen LogP contribution is -2.59. The molecule has 0 aromatic heterocycles. The summed E-state index contributed by atoms with van der Waals surface area (Å²) in [6, 6.07) is 10.5. The van der Waals surface area contributed by atoms with Gasteiger partial charge in [-0.3, -0.25) is 9.59 Å². The first kappa shape index (κ1) is 30.6. The molecule has 3 N–H and O–H groups in total. The molecule has 2 atom stereocenters. The van der Waals surface area contributed by atoms with Crippen LogP contribution in [-0.4, -0.2) is 51.7 Å². The molecule has 2 aromatic carbocycles. The number of aliphatic hydroxyl groups excluding tert-OH is 1. The Morgan fingerprint density at radius 1 is 1.03 bits per heavy atom. The number of para-hydroxylation sites is 1. The zero-order valence-corrected chi connectivity index (χ0v) is 23.7. The van der Waals surface area contributed by atoms with Crippen molar-refractivity contribution in [3.05, 3.63) is 71.3 Å². The predicted octanol–water partition coefficient (Wildman–Crippen LogP) is 5.14. The molecule has 206 valence electrons. The number of rotatable bonds is 8. The second-order valence-corrected chi connectivity index (χ2v) is 11.3. The van der Waals surface area contributed by atoms with Gasteiger partial charge in [0.25, 0.3) is 5.91 Å². The van der Waals surface area contributed by atoms with Crippen molar-refractivity contribution in [2.24, 2.45) is 0 Å². The summed E-state index contributed by atoms with van der Waals surface area (Å²) < 4.78 is 5.29. The Morgan fingerprint density at radius 2 is 1.61 bits per heavy atom. The first-order valence-electron chi connectivity index (χ1n) is 12.6. The van der Waals surface area contributed by atoms with Crippen molar-refractivity contribution >= 4 is 29.7 Å². The van der Waals surface area contributed by atoms with Gasteiger partial charge in [0.05, 0.1) is 6.61 Å². The number of carbonyl (C=O) groups excluding carboxylic acids is 3. The summed E-state index contributed by atoms with van der Waals surface area (Å²) in [4.78, 5) is 41.9. The van der Waals surface area contributed by atoms with Gasteiger partial charge < -0.3 is 25.4 Å². The Morgan fingerprint density at radius 3 is 2.11 bits per heavy atom. The first-order chi connectivity index (χ1) is 17.6. The highest BCUT2D eigenvalue weighted by Gasteiger charge is 2.42. The van der Waals surface area contributed by atoms with Crippen LogP contribution in [0.2, 0.25) is 0 Å². The van der Waals surface area contributed by atoms with Crippen LogP contribution >= 0.6 is 0 Å². The van der Waals surface area contributed by atoms with Crippen molar-refractivity contribution in [2.45, 2.75) is 78.6 Å². The molecule has 0 aliphatic heterocycles. The number of alkyl carbamates (subject to hydrolysis) is 1.